The molecule has 3 amide bonds. The Morgan fingerprint density at radius 2 is 1.90 bits per heavy atom. The van der Waals surface area contributed by atoms with Gasteiger partial charge in [0.05, 0.1) is 5.92 Å². The third-order valence-corrected chi connectivity index (χ3v) is 5.54. The van der Waals surface area contributed by atoms with Gasteiger partial charge in [-0.2, -0.15) is 5.10 Å². The number of likely N-dealkylation sites (tertiary alicyclic amines) is 1. The van der Waals surface area contributed by atoms with Crippen LogP contribution in [-0.2, 0) is 14.4 Å². The normalized spacial score (nSPS) is 18.7. The molecule has 0 radical (unpaired) electrons. The van der Waals surface area contributed by atoms with Crippen molar-refractivity contribution in [2.75, 3.05) is 18.4 Å². The predicted molar refractivity (Wildman–Crippen MR) is 115 cm³/mol. The highest BCUT2D eigenvalue weighted by atomic mass is 19.1. The summed E-state index contributed by atoms with van der Waals surface area (Å²) in [6.45, 7) is 0.880. The van der Waals surface area contributed by atoms with Crippen molar-refractivity contribution in [3.05, 3.63) is 54.3 Å². The molecule has 0 bridgehead atoms. The van der Waals surface area contributed by atoms with Gasteiger partial charge in [0.1, 0.15) is 11.5 Å². The SMILES string of the molecule is O=C1CCC(C(=O)N2CCCC(C(=O)Nc3cccc(-c4ccc(F)cc4)c3)C2)=NN1. The van der Waals surface area contributed by atoms with Crippen molar-refractivity contribution in [3.63, 3.8) is 0 Å². The van der Waals surface area contributed by atoms with Gasteiger partial charge in [-0.25, -0.2) is 9.82 Å². The average molecular weight is 422 g/mol. The number of hydrogen-bond acceptors (Lipinski definition) is 4. The molecule has 0 aromatic heterocycles. The number of carbonyl (C=O) groups excluding carboxylic acids is 3. The second-order valence-corrected chi connectivity index (χ2v) is 7.76. The molecule has 1 saturated heterocycles. The molecule has 1 fully saturated rings. The van der Waals surface area contributed by atoms with Gasteiger partial charge in [-0.1, -0.05) is 24.3 Å². The fraction of sp³-hybridized carbons (Fsp3) is 0.304. The molecule has 0 aliphatic carbocycles. The number of rotatable bonds is 4. The van der Waals surface area contributed by atoms with Gasteiger partial charge in [-0.15, -0.1) is 0 Å². The number of benzene rings is 2. The first-order chi connectivity index (χ1) is 15.0. The average Bonchev–Trinajstić information content (AvgIpc) is 2.80. The summed E-state index contributed by atoms with van der Waals surface area (Å²) in [7, 11) is 0. The van der Waals surface area contributed by atoms with Gasteiger partial charge in [-0.3, -0.25) is 14.4 Å². The zero-order valence-electron chi connectivity index (χ0n) is 16.9. The molecule has 4 rings (SSSR count). The molecule has 0 spiro atoms. The summed E-state index contributed by atoms with van der Waals surface area (Å²) >= 11 is 0. The van der Waals surface area contributed by atoms with Gasteiger partial charge in [0.15, 0.2) is 0 Å². The summed E-state index contributed by atoms with van der Waals surface area (Å²) in [5.41, 5.74) is 5.04. The molecule has 2 aliphatic rings. The minimum atomic E-state index is -0.328. The highest BCUT2D eigenvalue weighted by Crippen LogP contribution is 2.24. The molecule has 2 aliphatic heterocycles. The van der Waals surface area contributed by atoms with Crippen LogP contribution in [0.1, 0.15) is 25.7 Å². The number of halogens is 1. The minimum Gasteiger partial charge on any atom is -0.337 e. The topological polar surface area (TPSA) is 90.9 Å². The number of nitrogens with zero attached hydrogens (tertiary/aromatic N) is 2. The van der Waals surface area contributed by atoms with E-state index in [1.54, 1.807) is 23.1 Å². The number of hydrazone groups is 1. The number of nitrogens with one attached hydrogen (secondary N) is 2. The van der Waals surface area contributed by atoms with Crippen LogP contribution in [0.4, 0.5) is 10.1 Å². The Hall–Kier alpha value is -3.55. The van der Waals surface area contributed by atoms with Crippen LogP contribution in [0.3, 0.4) is 0 Å². The lowest BCUT2D eigenvalue weighted by Crippen LogP contribution is -2.47. The summed E-state index contributed by atoms with van der Waals surface area (Å²) in [6.07, 6.45) is 1.97. The highest BCUT2D eigenvalue weighted by Gasteiger charge is 2.31. The Morgan fingerprint density at radius 1 is 1.10 bits per heavy atom. The number of amides is 3. The van der Waals surface area contributed by atoms with Gasteiger partial charge in [-0.05, 0) is 48.2 Å². The smallest absolute Gasteiger partial charge is 0.270 e. The number of anilines is 1. The van der Waals surface area contributed by atoms with E-state index in [1.165, 1.54) is 12.1 Å². The van der Waals surface area contributed by atoms with E-state index in [2.05, 4.69) is 15.8 Å². The minimum absolute atomic E-state index is 0.146. The lowest BCUT2D eigenvalue weighted by atomic mass is 9.96. The standard InChI is InChI=1S/C23H23FN4O3/c24-18-8-6-15(7-9-18)16-3-1-5-19(13-16)25-22(30)17-4-2-12-28(14-17)23(31)20-10-11-21(29)27-26-20/h1,3,5-9,13,17H,2,4,10-12,14H2,(H,25,30)(H,27,29). The van der Waals surface area contributed by atoms with E-state index < -0.39 is 0 Å². The van der Waals surface area contributed by atoms with Crippen molar-refractivity contribution in [1.82, 2.24) is 10.3 Å². The first-order valence-electron chi connectivity index (χ1n) is 10.3. The van der Waals surface area contributed by atoms with E-state index in [0.717, 1.165) is 17.5 Å². The highest BCUT2D eigenvalue weighted by molar-refractivity contribution is 6.39. The lowest BCUT2D eigenvalue weighted by molar-refractivity contribution is -0.128. The Kier molecular flexibility index (Phi) is 6.06. The van der Waals surface area contributed by atoms with Crippen LogP contribution in [0.25, 0.3) is 11.1 Å². The molecule has 2 aromatic carbocycles. The fourth-order valence-corrected chi connectivity index (χ4v) is 3.85. The largest absolute Gasteiger partial charge is 0.337 e. The molecule has 7 nitrogen and oxygen atoms in total. The molecule has 2 heterocycles. The van der Waals surface area contributed by atoms with Crippen LogP contribution in [0.5, 0.6) is 0 Å². The molecule has 1 unspecified atom stereocenters. The molecule has 2 aromatic rings. The fourth-order valence-electron chi connectivity index (χ4n) is 3.85. The molecule has 2 N–H and O–H groups in total. The summed E-state index contributed by atoms with van der Waals surface area (Å²) in [5, 5.41) is 6.81. The number of piperidine rings is 1. The third kappa shape index (κ3) is 4.96. The quantitative estimate of drug-likeness (QED) is 0.794. The van der Waals surface area contributed by atoms with Crippen LogP contribution in [0.15, 0.2) is 53.6 Å². The van der Waals surface area contributed by atoms with Crippen LogP contribution in [0.2, 0.25) is 0 Å². The summed E-state index contributed by atoms with van der Waals surface area (Å²) in [4.78, 5) is 38.4. The zero-order valence-corrected chi connectivity index (χ0v) is 16.9. The van der Waals surface area contributed by atoms with E-state index in [-0.39, 0.29) is 35.9 Å². The van der Waals surface area contributed by atoms with Crippen molar-refractivity contribution in [1.29, 1.82) is 0 Å². The first-order valence-corrected chi connectivity index (χ1v) is 10.3. The van der Waals surface area contributed by atoms with E-state index in [9.17, 15) is 18.8 Å². The monoisotopic (exact) mass is 422 g/mol. The van der Waals surface area contributed by atoms with Gasteiger partial charge in [0, 0.05) is 31.6 Å². The van der Waals surface area contributed by atoms with Crippen LogP contribution in [0, 0.1) is 11.7 Å². The van der Waals surface area contributed by atoms with Gasteiger partial charge in [0.2, 0.25) is 11.8 Å². The molecule has 8 heteroatoms. The van der Waals surface area contributed by atoms with Gasteiger partial charge >= 0.3 is 0 Å². The van der Waals surface area contributed by atoms with Crippen molar-refractivity contribution in [2.24, 2.45) is 11.0 Å². The van der Waals surface area contributed by atoms with E-state index in [0.29, 0.717) is 37.3 Å². The summed E-state index contributed by atoms with van der Waals surface area (Å²) in [5.74, 6) is -1.20. The van der Waals surface area contributed by atoms with Crippen molar-refractivity contribution in [3.8, 4) is 11.1 Å². The molecule has 160 valence electrons. The molecule has 1 atom stereocenters. The van der Waals surface area contributed by atoms with Gasteiger partial charge in [0.25, 0.3) is 5.91 Å². The van der Waals surface area contributed by atoms with Crippen LogP contribution in [-0.4, -0.2) is 41.4 Å². The maximum Gasteiger partial charge on any atom is 0.270 e. The van der Waals surface area contributed by atoms with E-state index in [4.69, 9.17) is 0 Å². The second kappa shape index (κ2) is 9.07. The number of carbonyl (C=O) groups is 3. The molecular formula is C23H23FN4O3. The van der Waals surface area contributed by atoms with Crippen molar-refractivity contribution in [2.45, 2.75) is 25.7 Å². The van der Waals surface area contributed by atoms with Crippen molar-refractivity contribution >= 4 is 29.1 Å². The lowest BCUT2D eigenvalue weighted by Gasteiger charge is -2.32. The Bertz CT molecular complexity index is 1040. The van der Waals surface area contributed by atoms with Crippen LogP contribution >= 0.6 is 0 Å². The van der Waals surface area contributed by atoms with E-state index >= 15 is 0 Å². The Morgan fingerprint density at radius 3 is 2.65 bits per heavy atom. The first kappa shape index (κ1) is 20.7. The maximum absolute atomic E-state index is 13.2. The summed E-state index contributed by atoms with van der Waals surface area (Å²) in [6, 6.07) is 13.6. The van der Waals surface area contributed by atoms with Crippen molar-refractivity contribution < 1.29 is 18.8 Å². The summed E-state index contributed by atoms with van der Waals surface area (Å²) < 4.78 is 13.2. The molecule has 0 saturated carbocycles. The number of hydrogen-bond donors (Lipinski definition) is 2. The third-order valence-electron chi connectivity index (χ3n) is 5.54. The zero-order chi connectivity index (χ0) is 21.8. The molecule has 31 heavy (non-hydrogen) atoms. The second-order valence-electron chi connectivity index (χ2n) is 7.76. The van der Waals surface area contributed by atoms with Crippen LogP contribution < -0.4 is 10.7 Å². The molecular weight excluding hydrogens is 399 g/mol. The van der Waals surface area contributed by atoms with Gasteiger partial charge < -0.3 is 10.2 Å². The maximum atomic E-state index is 13.2. The predicted octanol–water partition coefficient (Wildman–Crippen LogP) is 2.94. The Balaban J connectivity index is 1.40. The Labute approximate surface area is 179 Å². The van der Waals surface area contributed by atoms with E-state index in [1.807, 2.05) is 18.2 Å².